The summed E-state index contributed by atoms with van der Waals surface area (Å²) in [7, 11) is 1.50. The zero-order valence-corrected chi connectivity index (χ0v) is 17.4. The predicted molar refractivity (Wildman–Crippen MR) is 119 cm³/mol. The average molecular weight is 419 g/mol. The molecule has 1 aliphatic heterocycles. The van der Waals surface area contributed by atoms with Gasteiger partial charge in [0.1, 0.15) is 5.69 Å². The number of piperidine rings is 1. The third-order valence-electron chi connectivity index (χ3n) is 5.53. The van der Waals surface area contributed by atoms with Crippen LogP contribution < -0.4 is 10.5 Å². The molecule has 1 aromatic heterocycles. The van der Waals surface area contributed by atoms with Crippen LogP contribution in [0.4, 0.5) is 17.1 Å². The molecule has 8 nitrogen and oxygen atoms in total. The van der Waals surface area contributed by atoms with Gasteiger partial charge in [-0.1, -0.05) is 12.1 Å². The van der Waals surface area contributed by atoms with E-state index in [1.807, 2.05) is 24.3 Å². The third kappa shape index (κ3) is 4.74. The summed E-state index contributed by atoms with van der Waals surface area (Å²) in [4.78, 5) is 25.9. The van der Waals surface area contributed by atoms with Crippen LogP contribution in [0.3, 0.4) is 0 Å². The van der Waals surface area contributed by atoms with Crippen LogP contribution in [-0.4, -0.2) is 33.9 Å². The van der Waals surface area contributed by atoms with Crippen LogP contribution in [0.2, 0.25) is 0 Å². The molecule has 0 bridgehead atoms. The number of azo groups is 1. The number of carbonyl (C=O) groups is 1. The van der Waals surface area contributed by atoms with Gasteiger partial charge in [-0.2, -0.15) is 10.2 Å². The van der Waals surface area contributed by atoms with Crippen molar-refractivity contribution in [3.8, 4) is 0 Å². The molecule has 0 spiro atoms. The monoisotopic (exact) mass is 419 g/mol. The first kappa shape index (κ1) is 20.6. The SMILES string of the molecule is Cn1[nH]c(C(=O)O)c(Cc2ccc(N=Nc3ccc(N4CCCCC4)cc3)cc2)c1=O. The van der Waals surface area contributed by atoms with E-state index in [1.54, 1.807) is 12.1 Å². The van der Waals surface area contributed by atoms with E-state index in [4.69, 9.17) is 0 Å². The van der Waals surface area contributed by atoms with Gasteiger partial charge < -0.3 is 10.0 Å². The van der Waals surface area contributed by atoms with Crippen molar-refractivity contribution in [2.75, 3.05) is 18.0 Å². The molecule has 1 fully saturated rings. The lowest BCUT2D eigenvalue weighted by Gasteiger charge is -2.28. The Bertz CT molecular complexity index is 1140. The zero-order chi connectivity index (χ0) is 21.8. The number of hydrogen-bond acceptors (Lipinski definition) is 5. The van der Waals surface area contributed by atoms with E-state index in [0.717, 1.165) is 24.3 Å². The Balaban J connectivity index is 1.42. The number of aromatic nitrogens is 2. The van der Waals surface area contributed by atoms with E-state index in [1.165, 1.54) is 36.7 Å². The Morgan fingerprint density at radius 1 is 0.968 bits per heavy atom. The Morgan fingerprint density at radius 2 is 1.55 bits per heavy atom. The Morgan fingerprint density at radius 3 is 2.13 bits per heavy atom. The maximum atomic E-state index is 12.2. The molecule has 0 atom stereocenters. The molecule has 1 aliphatic rings. The number of hydrogen-bond donors (Lipinski definition) is 2. The number of anilines is 1. The lowest BCUT2D eigenvalue weighted by molar-refractivity contribution is 0.0688. The van der Waals surface area contributed by atoms with Gasteiger partial charge >= 0.3 is 5.97 Å². The molecular formula is C23H25N5O3. The summed E-state index contributed by atoms with van der Waals surface area (Å²) in [6, 6.07) is 15.4. The minimum Gasteiger partial charge on any atom is -0.477 e. The summed E-state index contributed by atoms with van der Waals surface area (Å²) < 4.78 is 1.18. The molecule has 1 saturated heterocycles. The first-order valence-electron chi connectivity index (χ1n) is 10.4. The highest BCUT2D eigenvalue weighted by Gasteiger charge is 2.18. The van der Waals surface area contributed by atoms with Gasteiger partial charge in [-0.05, 0) is 61.2 Å². The minimum atomic E-state index is -1.15. The smallest absolute Gasteiger partial charge is 0.354 e. The largest absolute Gasteiger partial charge is 0.477 e. The second-order valence-corrected chi connectivity index (χ2v) is 7.74. The minimum absolute atomic E-state index is 0.0794. The van der Waals surface area contributed by atoms with Crippen molar-refractivity contribution in [1.82, 2.24) is 9.78 Å². The summed E-state index contributed by atoms with van der Waals surface area (Å²) in [5.74, 6) is -1.15. The standard InChI is InChI=1S/C23H25N5O3/c1-27-22(29)20(21(26-27)23(30)31)15-16-5-7-17(8-6-16)24-25-18-9-11-19(12-10-18)28-13-3-2-4-14-28/h5-12,26H,2-4,13-15H2,1H3,(H,30,31). The first-order chi connectivity index (χ1) is 15.0. The number of H-pyrrole nitrogens is 1. The number of rotatable bonds is 6. The Labute approximate surface area is 179 Å². The molecule has 8 heteroatoms. The van der Waals surface area contributed by atoms with Crippen LogP contribution in [0.15, 0.2) is 63.6 Å². The highest BCUT2D eigenvalue weighted by molar-refractivity contribution is 5.87. The maximum absolute atomic E-state index is 12.2. The molecule has 0 saturated carbocycles. The molecule has 0 amide bonds. The molecule has 0 radical (unpaired) electrons. The Hall–Kier alpha value is -3.68. The number of benzene rings is 2. The fourth-order valence-corrected chi connectivity index (χ4v) is 3.82. The van der Waals surface area contributed by atoms with Gasteiger partial charge in [0.15, 0.2) is 0 Å². The number of aryl methyl sites for hydroxylation is 1. The molecule has 2 N–H and O–H groups in total. The number of aromatic amines is 1. The summed E-state index contributed by atoms with van der Waals surface area (Å²) in [6.07, 6.45) is 4.03. The van der Waals surface area contributed by atoms with Gasteiger partial charge in [0.2, 0.25) is 0 Å². The summed E-state index contributed by atoms with van der Waals surface area (Å²) >= 11 is 0. The number of carboxylic acid groups (broad SMARTS) is 1. The number of nitrogens with zero attached hydrogens (tertiary/aromatic N) is 4. The summed E-state index contributed by atoms with van der Waals surface area (Å²) in [5, 5.41) is 20.4. The topological polar surface area (TPSA) is 103 Å². The third-order valence-corrected chi connectivity index (χ3v) is 5.53. The zero-order valence-electron chi connectivity index (χ0n) is 17.4. The van der Waals surface area contributed by atoms with Gasteiger partial charge in [-0.25, -0.2) is 4.79 Å². The van der Waals surface area contributed by atoms with Crippen molar-refractivity contribution in [1.29, 1.82) is 0 Å². The lowest BCUT2D eigenvalue weighted by atomic mass is 10.1. The molecule has 4 rings (SSSR count). The van der Waals surface area contributed by atoms with Crippen molar-refractivity contribution in [2.24, 2.45) is 17.3 Å². The van der Waals surface area contributed by atoms with E-state index in [-0.39, 0.29) is 23.2 Å². The van der Waals surface area contributed by atoms with Gasteiger partial charge in [0, 0.05) is 32.2 Å². The quantitative estimate of drug-likeness (QED) is 0.578. The van der Waals surface area contributed by atoms with E-state index in [9.17, 15) is 14.7 Å². The van der Waals surface area contributed by atoms with Gasteiger partial charge in [0.25, 0.3) is 5.56 Å². The van der Waals surface area contributed by atoms with Crippen LogP contribution in [0.5, 0.6) is 0 Å². The first-order valence-corrected chi connectivity index (χ1v) is 10.4. The van der Waals surface area contributed by atoms with Crippen molar-refractivity contribution < 1.29 is 9.90 Å². The Kier molecular flexibility index (Phi) is 5.97. The molecular weight excluding hydrogens is 394 g/mol. The average Bonchev–Trinajstić information content (AvgIpc) is 3.08. The van der Waals surface area contributed by atoms with E-state index in [0.29, 0.717) is 5.69 Å². The van der Waals surface area contributed by atoms with Gasteiger partial charge in [0.05, 0.1) is 16.9 Å². The second-order valence-electron chi connectivity index (χ2n) is 7.74. The van der Waals surface area contributed by atoms with Crippen molar-refractivity contribution in [3.05, 3.63) is 75.7 Å². The summed E-state index contributed by atoms with van der Waals surface area (Å²) in [5.41, 5.74) is 3.33. The molecule has 31 heavy (non-hydrogen) atoms. The maximum Gasteiger partial charge on any atom is 0.354 e. The van der Waals surface area contributed by atoms with Crippen molar-refractivity contribution >= 4 is 23.0 Å². The van der Waals surface area contributed by atoms with Gasteiger partial charge in [-0.15, -0.1) is 0 Å². The molecule has 2 aromatic carbocycles. The lowest BCUT2D eigenvalue weighted by Crippen LogP contribution is -2.29. The van der Waals surface area contributed by atoms with E-state index in [2.05, 4.69) is 32.4 Å². The van der Waals surface area contributed by atoms with Crippen molar-refractivity contribution in [2.45, 2.75) is 25.7 Å². The van der Waals surface area contributed by atoms with Crippen LogP contribution >= 0.6 is 0 Å². The van der Waals surface area contributed by atoms with E-state index >= 15 is 0 Å². The number of carboxylic acids is 1. The fourth-order valence-electron chi connectivity index (χ4n) is 3.82. The second kappa shape index (κ2) is 8.99. The molecule has 160 valence electrons. The number of nitrogens with one attached hydrogen (secondary N) is 1. The molecule has 3 aromatic rings. The molecule has 0 unspecified atom stereocenters. The molecule has 2 heterocycles. The number of aromatic carboxylic acids is 1. The van der Waals surface area contributed by atoms with Crippen LogP contribution in [0.25, 0.3) is 0 Å². The highest BCUT2D eigenvalue weighted by Crippen LogP contribution is 2.25. The normalized spacial score (nSPS) is 14.3. The van der Waals surface area contributed by atoms with E-state index < -0.39 is 5.97 Å². The molecule has 0 aliphatic carbocycles. The fraction of sp³-hybridized carbons (Fsp3) is 0.304. The van der Waals surface area contributed by atoms with Crippen LogP contribution in [0, 0.1) is 0 Å². The summed E-state index contributed by atoms with van der Waals surface area (Å²) in [6.45, 7) is 2.21. The predicted octanol–water partition coefficient (Wildman–Crippen LogP) is 4.41. The highest BCUT2D eigenvalue weighted by atomic mass is 16.4. The van der Waals surface area contributed by atoms with Crippen LogP contribution in [-0.2, 0) is 13.5 Å². The van der Waals surface area contributed by atoms with Gasteiger partial charge in [-0.3, -0.25) is 14.6 Å². The van der Waals surface area contributed by atoms with Crippen molar-refractivity contribution in [3.63, 3.8) is 0 Å². The van der Waals surface area contributed by atoms with Crippen LogP contribution in [0.1, 0.15) is 40.9 Å².